The second kappa shape index (κ2) is 13.3. The van der Waals surface area contributed by atoms with Crippen LogP contribution in [0.4, 0.5) is 11.4 Å². The number of phenolic OH excluding ortho intramolecular Hbond substituents is 1. The Hall–Kier alpha value is -4.31. The zero-order valence-electron chi connectivity index (χ0n) is 22.0. The molecular formula is C28H33N3O7. The van der Waals surface area contributed by atoms with Crippen molar-refractivity contribution >= 4 is 17.3 Å². The fraction of sp³-hybridized carbons (Fsp3) is 0.321. The van der Waals surface area contributed by atoms with Crippen LogP contribution in [0.2, 0.25) is 0 Å². The fourth-order valence-corrected chi connectivity index (χ4v) is 4.03. The van der Waals surface area contributed by atoms with Crippen molar-refractivity contribution in [3.05, 3.63) is 81.9 Å². The van der Waals surface area contributed by atoms with E-state index >= 15 is 0 Å². The monoisotopic (exact) mass is 523 g/mol. The number of hydrogen-bond acceptors (Lipinski definition) is 8. The van der Waals surface area contributed by atoms with Gasteiger partial charge in [0.05, 0.1) is 26.3 Å². The number of amides is 1. The molecule has 3 aromatic rings. The van der Waals surface area contributed by atoms with E-state index in [0.717, 1.165) is 25.1 Å². The molecule has 0 fully saturated rings. The van der Waals surface area contributed by atoms with E-state index < -0.39 is 4.92 Å². The first-order chi connectivity index (χ1) is 18.3. The van der Waals surface area contributed by atoms with Crippen molar-refractivity contribution in [2.75, 3.05) is 52.9 Å². The van der Waals surface area contributed by atoms with E-state index in [1.807, 2.05) is 25.2 Å². The molecule has 0 aliphatic carbocycles. The summed E-state index contributed by atoms with van der Waals surface area (Å²) in [5.74, 6) is 1.29. The number of aromatic hydroxyl groups is 1. The van der Waals surface area contributed by atoms with Crippen LogP contribution in [0.25, 0.3) is 0 Å². The van der Waals surface area contributed by atoms with E-state index in [1.165, 1.54) is 37.4 Å². The number of hydrogen-bond donors (Lipinski definition) is 1. The van der Waals surface area contributed by atoms with Gasteiger partial charge in [-0.2, -0.15) is 0 Å². The number of carbonyl (C=O) groups excluding carboxylic acids is 1. The lowest BCUT2D eigenvalue weighted by atomic mass is 10.1. The number of nitro groups is 1. The number of rotatable bonds is 13. The second-order valence-electron chi connectivity index (χ2n) is 8.71. The average molecular weight is 524 g/mol. The predicted molar refractivity (Wildman–Crippen MR) is 145 cm³/mol. The molecule has 3 rings (SSSR count). The van der Waals surface area contributed by atoms with Gasteiger partial charge in [0, 0.05) is 42.5 Å². The van der Waals surface area contributed by atoms with Gasteiger partial charge >= 0.3 is 0 Å². The summed E-state index contributed by atoms with van der Waals surface area (Å²) in [4.78, 5) is 27.7. The van der Waals surface area contributed by atoms with Crippen LogP contribution < -0.4 is 19.1 Å². The zero-order chi connectivity index (χ0) is 27.7. The van der Waals surface area contributed by atoms with Crippen molar-refractivity contribution in [3.8, 4) is 23.0 Å². The van der Waals surface area contributed by atoms with E-state index in [0.29, 0.717) is 35.7 Å². The first-order valence-corrected chi connectivity index (χ1v) is 12.1. The summed E-state index contributed by atoms with van der Waals surface area (Å²) in [7, 11) is 6.68. The number of benzene rings is 3. The van der Waals surface area contributed by atoms with E-state index in [2.05, 4.69) is 4.90 Å². The molecule has 3 aromatic carbocycles. The Morgan fingerprint density at radius 1 is 0.868 bits per heavy atom. The molecule has 0 spiro atoms. The smallest absolute Gasteiger partial charge is 0.269 e. The van der Waals surface area contributed by atoms with Crippen LogP contribution in [0.3, 0.4) is 0 Å². The number of methoxy groups -OCH3 is 3. The standard InChI is InChI=1S/C28H33N3O7/c1-29(17-14-20-6-13-25(36-2)27(18-20)38-4)15-5-16-30(23-11-12-24(32)26(19-23)37-3)28(33)21-7-9-22(10-8-21)31(34)35/h6-13,18-19,32H,5,14-17H2,1-4H3. The van der Waals surface area contributed by atoms with Crippen LogP contribution in [-0.2, 0) is 6.42 Å². The zero-order valence-corrected chi connectivity index (χ0v) is 22.0. The third kappa shape index (κ3) is 7.13. The average Bonchev–Trinajstić information content (AvgIpc) is 2.94. The van der Waals surface area contributed by atoms with Gasteiger partial charge in [-0.1, -0.05) is 6.07 Å². The van der Waals surface area contributed by atoms with E-state index in [-0.39, 0.29) is 23.1 Å². The van der Waals surface area contributed by atoms with E-state index in [4.69, 9.17) is 14.2 Å². The Kier molecular flexibility index (Phi) is 9.89. The van der Waals surface area contributed by atoms with E-state index in [9.17, 15) is 20.0 Å². The molecular weight excluding hydrogens is 490 g/mol. The van der Waals surface area contributed by atoms with Crippen molar-refractivity contribution < 1.29 is 29.0 Å². The molecule has 0 radical (unpaired) electrons. The summed E-state index contributed by atoms with van der Waals surface area (Å²) < 4.78 is 15.9. The van der Waals surface area contributed by atoms with Crippen LogP contribution in [0.5, 0.6) is 23.0 Å². The Morgan fingerprint density at radius 2 is 1.55 bits per heavy atom. The van der Waals surface area contributed by atoms with Gasteiger partial charge in [-0.15, -0.1) is 0 Å². The van der Waals surface area contributed by atoms with Gasteiger partial charge in [-0.3, -0.25) is 14.9 Å². The topological polar surface area (TPSA) is 115 Å². The molecule has 0 unspecified atom stereocenters. The maximum absolute atomic E-state index is 13.4. The number of likely N-dealkylation sites (N-methyl/N-ethyl adjacent to an activating group) is 1. The van der Waals surface area contributed by atoms with Crippen molar-refractivity contribution in [2.24, 2.45) is 0 Å². The highest BCUT2D eigenvalue weighted by atomic mass is 16.6. The van der Waals surface area contributed by atoms with E-state index in [1.54, 1.807) is 31.3 Å². The number of nitrogens with zero attached hydrogens (tertiary/aromatic N) is 3. The largest absolute Gasteiger partial charge is 0.504 e. The Bertz CT molecular complexity index is 1250. The van der Waals surface area contributed by atoms with Gasteiger partial charge in [0.2, 0.25) is 0 Å². The summed E-state index contributed by atoms with van der Waals surface area (Å²) in [5.41, 5.74) is 1.91. The Morgan fingerprint density at radius 3 is 2.18 bits per heavy atom. The molecule has 0 saturated heterocycles. The van der Waals surface area contributed by atoms with Gasteiger partial charge in [-0.05, 0) is 68.4 Å². The van der Waals surface area contributed by atoms with Crippen LogP contribution in [-0.4, -0.2) is 68.8 Å². The lowest BCUT2D eigenvalue weighted by Gasteiger charge is -2.25. The summed E-state index contributed by atoms with van der Waals surface area (Å²) in [6, 6.07) is 16.1. The maximum Gasteiger partial charge on any atom is 0.269 e. The molecule has 10 heteroatoms. The maximum atomic E-state index is 13.4. The molecule has 0 saturated carbocycles. The molecule has 0 aliphatic heterocycles. The third-order valence-electron chi connectivity index (χ3n) is 6.20. The van der Waals surface area contributed by atoms with Crippen molar-refractivity contribution in [3.63, 3.8) is 0 Å². The van der Waals surface area contributed by atoms with Crippen LogP contribution in [0, 0.1) is 10.1 Å². The van der Waals surface area contributed by atoms with Crippen LogP contribution in [0.15, 0.2) is 60.7 Å². The minimum atomic E-state index is -0.505. The SMILES string of the molecule is COc1cc(N(CCCN(C)CCc2ccc(OC)c(OC)c2)C(=O)c2ccc([N+](=O)[O-])cc2)ccc1O. The number of ether oxygens (including phenoxy) is 3. The molecule has 0 aromatic heterocycles. The third-order valence-corrected chi connectivity index (χ3v) is 6.20. The number of phenols is 1. The molecule has 0 heterocycles. The Labute approximate surface area is 222 Å². The summed E-state index contributed by atoms with van der Waals surface area (Å²) >= 11 is 0. The van der Waals surface area contributed by atoms with Gasteiger partial charge < -0.3 is 29.1 Å². The van der Waals surface area contributed by atoms with Gasteiger partial charge in [0.1, 0.15) is 0 Å². The summed E-state index contributed by atoms with van der Waals surface area (Å²) in [6.07, 6.45) is 1.49. The van der Waals surface area contributed by atoms with Crippen molar-refractivity contribution in [2.45, 2.75) is 12.8 Å². The van der Waals surface area contributed by atoms with Crippen LogP contribution >= 0.6 is 0 Å². The van der Waals surface area contributed by atoms with Gasteiger partial charge in [0.25, 0.3) is 11.6 Å². The predicted octanol–water partition coefficient (Wildman–Crippen LogP) is 4.54. The molecule has 0 aliphatic rings. The molecule has 38 heavy (non-hydrogen) atoms. The minimum absolute atomic E-state index is 0.0334. The summed E-state index contributed by atoms with van der Waals surface area (Å²) in [6.45, 7) is 1.93. The molecule has 0 bridgehead atoms. The number of anilines is 1. The first kappa shape index (κ1) is 28.3. The normalized spacial score (nSPS) is 10.8. The number of nitro benzene ring substituents is 1. The van der Waals surface area contributed by atoms with Crippen molar-refractivity contribution in [1.29, 1.82) is 0 Å². The molecule has 1 amide bonds. The molecule has 0 atom stereocenters. The quantitative estimate of drug-likeness (QED) is 0.257. The number of carbonyl (C=O) groups is 1. The molecule has 10 nitrogen and oxygen atoms in total. The van der Waals surface area contributed by atoms with Crippen LogP contribution in [0.1, 0.15) is 22.3 Å². The van der Waals surface area contributed by atoms with Crippen molar-refractivity contribution in [1.82, 2.24) is 4.90 Å². The first-order valence-electron chi connectivity index (χ1n) is 12.1. The Balaban J connectivity index is 1.68. The lowest BCUT2D eigenvalue weighted by molar-refractivity contribution is -0.384. The minimum Gasteiger partial charge on any atom is -0.504 e. The highest BCUT2D eigenvalue weighted by molar-refractivity contribution is 6.06. The second-order valence-corrected chi connectivity index (χ2v) is 8.71. The van der Waals surface area contributed by atoms with Gasteiger partial charge in [0.15, 0.2) is 23.0 Å². The fourth-order valence-electron chi connectivity index (χ4n) is 4.03. The summed E-state index contributed by atoms with van der Waals surface area (Å²) in [5, 5.41) is 21.0. The highest BCUT2D eigenvalue weighted by Crippen LogP contribution is 2.32. The highest BCUT2D eigenvalue weighted by Gasteiger charge is 2.20. The lowest BCUT2D eigenvalue weighted by Crippen LogP contribution is -2.34. The molecule has 1 N–H and O–H groups in total. The van der Waals surface area contributed by atoms with Gasteiger partial charge in [-0.25, -0.2) is 0 Å². The molecule has 202 valence electrons. The number of non-ortho nitro benzene ring substituents is 1.